The summed E-state index contributed by atoms with van der Waals surface area (Å²) >= 11 is 0. The van der Waals surface area contributed by atoms with Gasteiger partial charge in [0.25, 0.3) is 10.0 Å². The van der Waals surface area contributed by atoms with Gasteiger partial charge in [-0.1, -0.05) is 18.2 Å². The second-order valence-corrected chi connectivity index (χ2v) is 5.32. The zero-order chi connectivity index (χ0) is 14.0. The third-order valence-corrected chi connectivity index (χ3v) is 3.75. The number of benzene rings is 2. The van der Waals surface area contributed by atoms with E-state index in [-0.39, 0.29) is 0 Å². The van der Waals surface area contributed by atoms with Crippen LogP contribution in [0.5, 0.6) is 5.75 Å². The molecule has 100 valence electrons. The Kier molecular flexibility index (Phi) is 3.39. The van der Waals surface area contributed by atoms with E-state index in [1.54, 1.807) is 4.72 Å². The van der Waals surface area contributed by atoms with Crippen LogP contribution in [0.15, 0.2) is 47.4 Å². The van der Waals surface area contributed by atoms with Gasteiger partial charge < -0.3 is 5.11 Å². The van der Waals surface area contributed by atoms with Crippen LogP contribution in [0.3, 0.4) is 0 Å². The number of phenols is 1. The highest BCUT2D eigenvalue weighted by molar-refractivity contribution is 7.92. The first-order chi connectivity index (χ1) is 8.92. The standard InChI is InChI=1S/C12H9F2NO3S/c13-8-4-3-5-9(14)12(8)15-19(17,18)11-7-2-1-6-10(11)16/h1-7,15-16H. The fraction of sp³-hybridized carbons (Fsp3) is 0. The third kappa shape index (κ3) is 2.65. The molecule has 0 atom stereocenters. The topological polar surface area (TPSA) is 66.4 Å². The molecule has 0 saturated carbocycles. The number of para-hydroxylation sites is 2. The van der Waals surface area contributed by atoms with Crippen molar-refractivity contribution >= 4 is 15.7 Å². The lowest BCUT2D eigenvalue weighted by Gasteiger charge is -2.10. The molecular weight excluding hydrogens is 276 g/mol. The summed E-state index contributed by atoms with van der Waals surface area (Å²) in [5.74, 6) is -2.59. The van der Waals surface area contributed by atoms with Crippen LogP contribution in [0.4, 0.5) is 14.5 Å². The van der Waals surface area contributed by atoms with E-state index in [0.717, 1.165) is 30.3 Å². The molecule has 0 saturated heterocycles. The van der Waals surface area contributed by atoms with Crippen molar-refractivity contribution in [3.63, 3.8) is 0 Å². The number of aromatic hydroxyl groups is 1. The van der Waals surface area contributed by atoms with E-state index in [0.29, 0.717) is 0 Å². The fourth-order valence-electron chi connectivity index (χ4n) is 1.47. The smallest absolute Gasteiger partial charge is 0.265 e. The van der Waals surface area contributed by atoms with Crippen molar-refractivity contribution in [2.45, 2.75) is 4.90 Å². The molecule has 0 aliphatic rings. The molecule has 0 spiro atoms. The Labute approximate surface area is 108 Å². The molecule has 0 radical (unpaired) electrons. The van der Waals surface area contributed by atoms with Crippen LogP contribution in [0.1, 0.15) is 0 Å². The zero-order valence-electron chi connectivity index (χ0n) is 9.47. The van der Waals surface area contributed by atoms with E-state index in [1.807, 2.05) is 0 Å². The predicted octanol–water partition coefficient (Wildman–Crippen LogP) is 2.47. The van der Waals surface area contributed by atoms with Gasteiger partial charge in [0.15, 0.2) is 0 Å². The molecule has 0 unspecified atom stereocenters. The first-order valence-corrected chi connectivity index (χ1v) is 6.65. The Balaban J connectivity index is 2.46. The van der Waals surface area contributed by atoms with Gasteiger partial charge in [-0.25, -0.2) is 17.2 Å². The molecule has 7 heteroatoms. The quantitative estimate of drug-likeness (QED) is 0.910. The van der Waals surface area contributed by atoms with Crippen molar-refractivity contribution in [3.05, 3.63) is 54.1 Å². The summed E-state index contributed by atoms with van der Waals surface area (Å²) in [6.07, 6.45) is 0. The Morgan fingerprint density at radius 3 is 2.11 bits per heavy atom. The van der Waals surface area contributed by atoms with Crippen molar-refractivity contribution in [3.8, 4) is 5.75 Å². The number of hydrogen-bond donors (Lipinski definition) is 2. The maximum atomic E-state index is 13.4. The Hall–Kier alpha value is -2.15. The molecule has 4 nitrogen and oxygen atoms in total. The van der Waals surface area contributed by atoms with Crippen molar-refractivity contribution < 1.29 is 22.3 Å². The summed E-state index contributed by atoms with van der Waals surface area (Å²) in [7, 11) is -4.27. The minimum Gasteiger partial charge on any atom is -0.507 e. The van der Waals surface area contributed by atoms with E-state index in [9.17, 15) is 22.3 Å². The normalized spacial score (nSPS) is 11.3. The number of anilines is 1. The van der Waals surface area contributed by atoms with Crippen molar-refractivity contribution in [2.75, 3.05) is 4.72 Å². The zero-order valence-corrected chi connectivity index (χ0v) is 10.3. The lowest BCUT2D eigenvalue weighted by Crippen LogP contribution is -2.15. The van der Waals surface area contributed by atoms with Gasteiger partial charge in [0, 0.05) is 0 Å². The molecule has 0 aliphatic heterocycles. The molecule has 2 aromatic carbocycles. The minimum absolute atomic E-state index is 0.461. The molecule has 0 bridgehead atoms. The van der Waals surface area contributed by atoms with Crippen LogP contribution >= 0.6 is 0 Å². The highest BCUT2D eigenvalue weighted by Crippen LogP contribution is 2.26. The molecule has 19 heavy (non-hydrogen) atoms. The van der Waals surface area contributed by atoms with E-state index >= 15 is 0 Å². The summed E-state index contributed by atoms with van der Waals surface area (Å²) in [6.45, 7) is 0. The SMILES string of the molecule is O=S(=O)(Nc1c(F)cccc1F)c1ccccc1O. The molecule has 2 N–H and O–H groups in total. The fourth-order valence-corrected chi connectivity index (χ4v) is 2.64. The minimum atomic E-state index is -4.27. The predicted molar refractivity (Wildman–Crippen MR) is 65.3 cm³/mol. The third-order valence-electron chi connectivity index (χ3n) is 2.35. The molecule has 2 aromatic rings. The Morgan fingerprint density at radius 1 is 0.947 bits per heavy atom. The van der Waals surface area contributed by atoms with Crippen LogP contribution in [0.2, 0.25) is 0 Å². The Morgan fingerprint density at radius 2 is 1.53 bits per heavy atom. The van der Waals surface area contributed by atoms with E-state index < -0.39 is 38.0 Å². The van der Waals surface area contributed by atoms with E-state index in [1.165, 1.54) is 12.1 Å². The van der Waals surface area contributed by atoms with Gasteiger partial charge >= 0.3 is 0 Å². The second kappa shape index (κ2) is 4.85. The monoisotopic (exact) mass is 285 g/mol. The average Bonchev–Trinajstić information content (AvgIpc) is 2.34. The van der Waals surface area contributed by atoms with Gasteiger partial charge in [0.1, 0.15) is 28.0 Å². The molecule has 0 amide bonds. The van der Waals surface area contributed by atoms with Crippen LogP contribution in [-0.4, -0.2) is 13.5 Å². The van der Waals surface area contributed by atoms with Gasteiger partial charge in [0.2, 0.25) is 0 Å². The highest BCUT2D eigenvalue weighted by Gasteiger charge is 2.21. The van der Waals surface area contributed by atoms with Gasteiger partial charge in [-0.2, -0.15) is 0 Å². The summed E-state index contributed by atoms with van der Waals surface area (Å²) < 4.78 is 52.4. The molecule has 2 rings (SSSR count). The van der Waals surface area contributed by atoms with E-state index in [4.69, 9.17) is 0 Å². The van der Waals surface area contributed by atoms with Crippen LogP contribution in [0.25, 0.3) is 0 Å². The molecule has 0 aromatic heterocycles. The number of halogens is 2. The summed E-state index contributed by atoms with van der Waals surface area (Å²) in [5.41, 5.74) is -0.786. The number of hydrogen-bond acceptors (Lipinski definition) is 3. The molecule has 0 heterocycles. The average molecular weight is 285 g/mol. The van der Waals surface area contributed by atoms with Gasteiger partial charge in [0.05, 0.1) is 0 Å². The number of sulfonamides is 1. The number of rotatable bonds is 3. The lowest BCUT2D eigenvalue weighted by molar-refractivity contribution is 0.459. The molecule has 0 aliphatic carbocycles. The van der Waals surface area contributed by atoms with Crippen LogP contribution in [0, 0.1) is 11.6 Å². The Bertz CT molecular complexity index is 696. The van der Waals surface area contributed by atoms with Gasteiger partial charge in [-0.3, -0.25) is 4.72 Å². The maximum Gasteiger partial charge on any atom is 0.265 e. The summed E-state index contributed by atoms with van der Waals surface area (Å²) in [4.78, 5) is -0.461. The molecule has 0 fully saturated rings. The second-order valence-electron chi connectivity index (χ2n) is 3.67. The van der Waals surface area contributed by atoms with Crippen molar-refractivity contribution in [1.82, 2.24) is 0 Å². The maximum absolute atomic E-state index is 13.4. The summed E-state index contributed by atoms with van der Waals surface area (Å²) in [6, 6.07) is 8.05. The number of phenolic OH excluding ortho intramolecular Hbond substituents is 1. The van der Waals surface area contributed by atoms with Crippen LogP contribution in [-0.2, 0) is 10.0 Å². The molecular formula is C12H9F2NO3S. The first-order valence-electron chi connectivity index (χ1n) is 5.16. The van der Waals surface area contributed by atoms with E-state index in [2.05, 4.69) is 0 Å². The highest BCUT2D eigenvalue weighted by atomic mass is 32.2. The largest absolute Gasteiger partial charge is 0.507 e. The van der Waals surface area contributed by atoms with Crippen molar-refractivity contribution in [1.29, 1.82) is 0 Å². The summed E-state index contributed by atoms with van der Waals surface area (Å²) in [5, 5.41) is 9.46. The van der Waals surface area contributed by atoms with Gasteiger partial charge in [-0.15, -0.1) is 0 Å². The van der Waals surface area contributed by atoms with Gasteiger partial charge in [-0.05, 0) is 24.3 Å². The van der Waals surface area contributed by atoms with Crippen LogP contribution < -0.4 is 4.72 Å². The first kappa shape index (κ1) is 13.3. The lowest BCUT2D eigenvalue weighted by atomic mass is 10.3. The van der Waals surface area contributed by atoms with Crippen molar-refractivity contribution in [2.24, 2.45) is 0 Å². The number of nitrogens with one attached hydrogen (secondary N) is 1.